The van der Waals surface area contributed by atoms with Gasteiger partial charge in [0.1, 0.15) is 0 Å². The molecule has 5 nitrogen and oxygen atoms in total. The number of nitro benzene ring substituents is 1. The summed E-state index contributed by atoms with van der Waals surface area (Å²) >= 11 is 0. The molecule has 0 fully saturated rings. The molecule has 4 N–H and O–H groups in total. The molecule has 1 aromatic carbocycles. The van der Waals surface area contributed by atoms with Gasteiger partial charge in [0.15, 0.2) is 0 Å². The fraction of sp³-hybridized carbons (Fsp3) is 0.400. The van der Waals surface area contributed by atoms with Gasteiger partial charge in [-0.2, -0.15) is 0 Å². The van der Waals surface area contributed by atoms with E-state index in [4.69, 9.17) is 11.5 Å². The highest BCUT2D eigenvalue weighted by Crippen LogP contribution is 2.27. The smallest absolute Gasteiger partial charge is 0.272 e. The van der Waals surface area contributed by atoms with Crippen LogP contribution in [0.25, 0.3) is 0 Å². The molecule has 5 heteroatoms. The predicted octanol–water partition coefficient (Wildman–Crippen LogP) is 1.13. The molecule has 0 radical (unpaired) electrons. The van der Waals surface area contributed by atoms with Crippen LogP contribution >= 0.6 is 0 Å². The number of rotatable bonds is 3. The second-order valence-corrected chi connectivity index (χ2v) is 3.45. The first-order valence-electron chi connectivity index (χ1n) is 4.69. The van der Waals surface area contributed by atoms with E-state index in [0.29, 0.717) is 12.1 Å². The molecular weight excluding hydrogens is 194 g/mol. The average molecular weight is 209 g/mol. The molecule has 0 amide bonds. The third-order valence-corrected chi connectivity index (χ3v) is 2.72. The molecule has 0 aromatic heterocycles. The Morgan fingerprint density at radius 3 is 2.27 bits per heavy atom. The van der Waals surface area contributed by atoms with E-state index in [-0.39, 0.29) is 17.2 Å². The van der Waals surface area contributed by atoms with Gasteiger partial charge in [-0.05, 0) is 30.5 Å². The summed E-state index contributed by atoms with van der Waals surface area (Å²) in [7, 11) is 0. The molecule has 0 unspecified atom stereocenters. The van der Waals surface area contributed by atoms with Crippen molar-refractivity contribution in [2.75, 3.05) is 0 Å². The third kappa shape index (κ3) is 1.98. The summed E-state index contributed by atoms with van der Waals surface area (Å²) in [5.74, 6) is 0. The lowest BCUT2D eigenvalue weighted by molar-refractivity contribution is -0.385. The largest absolute Gasteiger partial charge is 0.326 e. The topological polar surface area (TPSA) is 95.2 Å². The zero-order valence-corrected chi connectivity index (χ0v) is 8.91. The summed E-state index contributed by atoms with van der Waals surface area (Å²) in [6.07, 6.45) is 0. The van der Waals surface area contributed by atoms with E-state index in [1.807, 2.05) is 6.92 Å². The number of nitrogens with two attached hydrogens (primary N) is 2. The predicted molar refractivity (Wildman–Crippen MR) is 58.4 cm³/mol. The minimum Gasteiger partial charge on any atom is -0.326 e. The van der Waals surface area contributed by atoms with Crippen LogP contribution in [0, 0.1) is 24.0 Å². The van der Waals surface area contributed by atoms with Crippen molar-refractivity contribution in [3.63, 3.8) is 0 Å². The van der Waals surface area contributed by atoms with Crippen LogP contribution in [-0.2, 0) is 13.1 Å². The van der Waals surface area contributed by atoms with E-state index in [2.05, 4.69) is 0 Å². The molecule has 0 bridgehead atoms. The van der Waals surface area contributed by atoms with Crippen molar-refractivity contribution in [3.05, 3.63) is 38.4 Å². The normalized spacial score (nSPS) is 10.4. The maximum Gasteiger partial charge on any atom is 0.272 e. The Kier molecular flexibility index (Phi) is 3.39. The molecule has 0 heterocycles. The van der Waals surface area contributed by atoms with Crippen LogP contribution < -0.4 is 11.5 Å². The van der Waals surface area contributed by atoms with Gasteiger partial charge in [-0.3, -0.25) is 10.1 Å². The average Bonchev–Trinajstić information content (AvgIpc) is 2.21. The molecule has 0 aliphatic carbocycles. The highest BCUT2D eigenvalue weighted by Gasteiger charge is 2.17. The van der Waals surface area contributed by atoms with Crippen LogP contribution in [0.5, 0.6) is 0 Å². The summed E-state index contributed by atoms with van der Waals surface area (Å²) in [6, 6.07) is 1.52. The lowest BCUT2D eigenvalue weighted by Gasteiger charge is -2.12. The number of benzene rings is 1. The molecule has 0 atom stereocenters. The fourth-order valence-corrected chi connectivity index (χ4v) is 1.68. The maximum absolute atomic E-state index is 10.8. The quantitative estimate of drug-likeness (QED) is 0.576. The van der Waals surface area contributed by atoms with Crippen LogP contribution in [0.4, 0.5) is 5.69 Å². The molecule has 0 spiro atoms. The molecular formula is C10H15N3O2. The van der Waals surface area contributed by atoms with Gasteiger partial charge in [0.25, 0.3) is 5.69 Å². The van der Waals surface area contributed by atoms with Crippen molar-refractivity contribution in [2.45, 2.75) is 26.9 Å². The summed E-state index contributed by atoms with van der Waals surface area (Å²) in [4.78, 5) is 10.4. The molecule has 82 valence electrons. The minimum atomic E-state index is -0.387. The number of hydrogen-bond donors (Lipinski definition) is 2. The SMILES string of the molecule is Cc1c([N+](=O)[O-])cc(CN)c(CN)c1C. The number of nitrogens with zero attached hydrogens (tertiary/aromatic N) is 1. The second kappa shape index (κ2) is 4.37. The van der Waals surface area contributed by atoms with Gasteiger partial charge in [0.05, 0.1) is 4.92 Å². The van der Waals surface area contributed by atoms with E-state index in [1.54, 1.807) is 6.92 Å². The first-order chi connectivity index (χ1) is 7.02. The Labute approximate surface area is 88.2 Å². The Balaban J connectivity index is 3.49. The van der Waals surface area contributed by atoms with Crippen molar-refractivity contribution in [1.82, 2.24) is 0 Å². The lowest BCUT2D eigenvalue weighted by Crippen LogP contribution is -2.10. The fourth-order valence-electron chi connectivity index (χ4n) is 1.68. The summed E-state index contributed by atoms with van der Waals surface area (Å²) in [5, 5.41) is 10.8. The first-order valence-corrected chi connectivity index (χ1v) is 4.69. The molecule has 0 aliphatic heterocycles. The number of hydrogen-bond acceptors (Lipinski definition) is 4. The summed E-state index contributed by atoms with van der Waals surface area (Å²) in [5.41, 5.74) is 14.5. The first kappa shape index (κ1) is 11.6. The second-order valence-electron chi connectivity index (χ2n) is 3.45. The highest BCUT2D eigenvalue weighted by atomic mass is 16.6. The van der Waals surface area contributed by atoms with E-state index >= 15 is 0 Å². The van der Waals surface area contributed by atoms with Crippen LogP contribution in [0.1, 0.15) is 22.3 Å². The van der Waals surface area contributed by atoms with E-state index in [0.717, 1.165) is 16.7 Å². The van der Waals surface area contributed by atoms with Crippen molar-refractivity contribution in [2.24, 2.45) is 11.5 Å². The van der Waals surface area contributed by atoms with Crippen LogP contribution in [0.15, 0.2) is 6.07 Å². The molecule has 15 heavy (non-hydrogen) atoms. The van der Waals surface area contributed by atoms with Gasteiger partial charge < -0.3 is 11.5 Å². The van der Waals surface area contributed by atoms with E-state index in [9.17, 15) is 10.1 Å². The Hall–Kier alpha value is -1.46. The van der Waals surface area contributed by atoms with Crippen molar-refractivity contribution >= 4 is 5.69 Å². The molecule has 0 saturated heterocycles. The molecule has 1 rings (SSSR count). The summed E-state index contributed by atoms with van der Waals surface area (Å²) in [6.45, 7) is 4.20. The van der Waals surface area contributed by atoms with Gasteiger partial charge in [-0.25, -0.2) is 0 Å². The maximum atomic E-state index is 10.8. The van der Waals surface area contributed by atoms with E-state index < -0.39 is 0 Å². The van der Waals surface area contributed by atoms with Crippen LogP contribution in [-0.4, -0.2) is 4.92 Å². The van der Waals surface area contributed by atoms with E-state index in [1.165, 1.54) is 6.07 Å². The third-order valence-electron chi connectivity index (χ3n) is 2.72. The Morgan fingerprint density at radius 1 is 1.27 bits per heavy atom. The molecule has 0 saturated carbocycles. The Morgan fingerprint density at radius 2 is 1.87 bits per heavy atom. The standard InChI is InChI=1S/C10H15N3O2/c1-6-7(2)10(13(14)15)3-8(4-11)9(6)5-12/h3H,4-5,11-12H2,1-2H3. The minimum absolute atomic E-state index is 0.116. The van der Waals surface area contributed by atoms with Gasteiger partial charge in [0.2, 0.25) is 0 Å². The summed E-state index contributed by atoms with van der Waals surface area (Å²) < 4.78 is 0. The zero-order valence-electron chi connectivity index (χ0n) is 8.91. The van der Waals surface area contributed by atoms with Crippen molar-refractivity contribution < 1.29 is 4.92 Å². The van der Waals surface area contributed by atoms with Gasteiger partial charge in [-0.15, -0.1) is 0 Å². The monoisotopic (exact) mass is 209 g/mol. The van der Waals surface area contributed by atoms with Crippen molar-refractivity contribution in [3.8, 4) is 0 Å². The highest BCUT2D eigenvalue weighted by molar-refractivity contribution is 5.52. The van der Waals surface area contributed by atoms with Crippen LogP contribution in [0.2, 0.25) is 0 Å². The van der Waals surface area contributed by atoms with Gasteiger partial charge in [0, 0.05) is 24.7 Å². The lowest BCUT2D eigenvalue weighted by atomic mass is 9.96. The molecule has 0 aliphatic rings. The van der Waals surface area contributed by atoms with Crippen molar-refractivity contribution in [1.29, 1.82) is 0 Å². The van der Waals surface area contributed by atoms with Crippen LogP contribution in [0.3, 0.4) is 0 Å². The Bertz CT molecular complexity index is 402. The van der Waals surface area contributed by atoms with Gasteiger partial charge >= 0.3 is 0 Å². The number of nitro groups is 1. The zero-order chi connectivity index (χ0) is 11.6. The van der Waals surface area contributed by atoms with Gasteiger partial charge in [-0.1, -0.05) is 0 Å². The molecule has 1 aromatic rings.